The Morgan fingerprint density at radius 1 is 0.518 bits per heavy atom. The molecular weight excluding hydrogens is 685 g/mol. The van der Waals surface area contributed by atoms with Gasteiger partial charge in [0.2, 0.25) is 0 Å². The molecule has 2 atom stereocenters. The summed E-state index contributed by atoms with van der Waals surface area (Å²) < 4.78 is 0. The van der Waals surface area contributed by atoms with E-state index in [-0.39, 0.29) is 12.0 Å². The minimum Gasteiger partial charge on any atom is -0.333 e. The summed E-state index contributed by atoms with van der Waals surface area (Å²) in [6.07, 6.45) is 13.8. The molecule has 2 aliphatic rings. The van der Waals surface area contributed by atoms with Gasteiger partial charge in [-0.3, -0.25) is 4.98 Å². The highest BCUT2D eigenvalue weighted by molar-refractivity contribution is 5.84. The van der Waals surface area contributed by atoms with Gasteiger partial charge in [0.25, 0.3) is 0 Å². The maximum atomic E-state index is 9.58. The van der Waals surface area contributed by atoms with Crippen LogP contribution in [0.5, 0.6) is 0 Å². The number of fused-ring (bicyclic) bond motifs is 3. The van der Waals surface area contributed by atoms with Crippen molar-refractivity contribution in [3.8, 4) is 23.3 Å². The van der Waals surface area contributed by atoms with Crippen LogP contribution in [-0.2, 0) is 0 Å². The molecule has 1 aliphatic carbocycles. The standard InChI is InChI=1S/C50H36N6/c51-34-36-11-19-41(20-12-36)54(40-7-3-1-4-8-40)43-23-15-38(16-24-43)39-17-25-44(26-18-39)55(42-21-13-37(35-52)14-22-42)46-27-28-50-48(33-46)47-9-5-2-6-10-49(47)56(50)45-29-31-53-32-30-45/h1,3-33,47,49H,2H2. The smallest absolute Gasteiger partial charge is 0.0991 e. The lowest BCUT2D eigenvalue weighted by molar-refractivity contribution is 0.754. The summed E-state index contributed by atoms with van der Waals surface area (Å²) in [6.45, 7) is 0. The van der Waals surface area contributed by atoms with Crippen LogP contribution in [0, 0.1) is 22.7 Å². The lowest BCUT2D eigenvalue weighted by Crippen LogP contribution is -2.27. The molecule has 0 saturated carbocycles. The molecule has 0 radical (unpaired) electrons. The van der Waals surface area contributed by atoms with Crippen LogP contribution in [0.25, 0.3) is 11.1 Å². The number of pyridine rings is 1. The molecule has 0 N–H and O–H groups in total. The van der Waals surface area contributed by atoms with Crippen molar-refractivity contribution in [2.24, 2.45) is 0 Å². The van der Waals surface area contributed by atoms with Crippen molar-refractivity contribution >= 4 is 45.5 Å². The Kier molecular flexibility index (Phi) is 9.13. The van der Waals surface area contributed by atoms with E-state index in [2.05, 4.69) is 147 Å². The van der Waals surface area contributed by atoms with Gasteiger partial charge in [0.1, 0.15) is 0 Å². The van der Waals surface area contributed by atoms with Crippen molar-refractivity contribution in [2.75, 3.05) is 14.7 Å². The number of nitrogens with zero attached hydrogens (tertiary/aromatic N) is 6. The lowest BCUT2D eigenvalue weighted by atomic mass is 9.94. The fourth-order valence-electron chi connectivity index (χ4n) is 7.88. The summed E-state index contributed by atoms with van der Waals surface area (Å²) in [5.41, 5.74) is 13.1. The van der Waals surface area contributed by atoms with Crippen molar-refractivity contribution in [3.05, 3.63) is 211 Å². The van der Waals surface area contributed by atoms with Gasteiger partial charge in [-0.2, -0.15) is 10.5 Å². The van der Waals surface area contributed by atoms with E-state index in [4.69, 9.17) is 0 Å². The predicted octanol–water partition coefficient (Wildman–Crippen LogP) is 12.6. The number of hydrogen-bond acceptors (Lipinski definition) is 6. The molecule has 0 fully saturated rings. The fourth-order valence-corrected chi connectivity index (χ4v) is 7.88. The van der Waals surface area contributed by atoms with Crippen LogP contribution in [0.2, 0.25) is 0 Å². The van der Waals surface area contributed by atoms with Crippen LogP contribution in [-0.4, -0.2) is 11.0 Å². The van der Waals surface area contributed by atoms with E-state index in [0.29, 0.717) is 11.1 Å². The molecule has 7 aromatic rings. The average Bonchev–Trinajstić information content (AvgIpc) is 3.38. The molecule has 0 saturated heterocycles. The SMILES string of the molecule is N#Cc1ccc(N(c2ccccc2)c2ccc(-c3ccc(N(c4ccc(C#N)cc4)c4ccc5c(c4)C4C=CCC=CC4N5c4ccncc4)cc3)cc2)cc1. The van der Waals surface area contributed by atoms with Crippen molar-refractivity contribution in [1.82, 2.24) is 4.98 Å². The number of aromatic nitrogens is 1. The zero-order valence-electron chi connectivity index (χ0n) is 30.5. The van der Waals surface area contributed by atoms with Gasteiger partial charge in [-0.05, 0) is 138 Å². The first kappa shape index (κ1) is 34.1. The first-order chi connectivity index (χ1) is 27.7. The van der Waals surface area contributed by atoms with Crippen molar-refractivity contribution in [2.45, 2.75) is 18.4 Å². The van der Waals surface area contributed by atoms with Crippen LogP contribution >= 0.6 is 0 Å². The van der Waals surface area contributed by atoms with Crippen LogP contribution < -0.4 is 14.7 Å². The quantitative estimate of drug-likeness (QED) is 0.146. The molecule has 56 heavy (non-hydrogen) atoms. The average molecular weight is 721 g/mol. The molecule has 9 rings (SSSR count). The molecule has 6 aromatic carbocycles. The van der Waals surface area contributed by atoms with Gasteiger partial charge in [0.05, 0.1) is 29.3 Å². The summed E-state index contributed by atoms with van der Waals surface area (Å²) in [5, 5.41) is 18.9. The molecule has 266 valence electrons. The first-order valence-electron chi connectivity index (χ1n) is 18.7. The lowest BCUT2D eigenvalue weighted by Gasteiger charge is -2.28. The largest absolute Gasteiger partial charge is 0.333 e. The van der Waals surface area contributed by atoms with E-state index in [0.717, 1.165) is 57.4 Å². The number of allylic oxidation sites excluding steroid dienone is 2. The van der Waals surface area contributed by atoms with E-state index in [1.165, 1.54) is 11.3 Å². The number of hydrogen-bond donors (Lipinski definition) is 0. The summed E-state index contributed by atoms with van der Waals surface area (Å²) in [6, 6.07) is 58.6. The second-order valence-corrected chi connectivity index (χ2v) is 13.8. The zero-order valence-corrected chi connectivity index (χ0v) is 30.5. The Balaban J connectivity index is 1.07. The van der Waals surface area contributed by atoms with E-state index in [1.807, 2.05) is 79.1 Å². The molecular formula is C50H36N6. The molecule has 0 bridgehead atoms. The highest BCUT2D eigenvalue weighted by Gasteiger charge is 2.37. The molecule has 0 amide bonds. The van der Waals surface area contributed by atoms with Crippen LogP contribution in [0.3, 0.4) is 0 Å². The number of para-hydroxylation sites is 1. The molecule has 1 aliphatic heterocycles. The van der Waals surface area contributed by atoms with Crippen molar-refractivity contribution < 1.29 is 0 Å². The Hall–Kier alpha value is -7.67. The molecule has 2 heterocycles. The van der Waals surface area contributed by atoms with Gasteiger partial charge >= 0.3 is 0 Å². The maximum Gasteiger partial charge on any atom is 0.0991 e. The van der Waals surface area contributed by atoms with Crippen LogP contribution in [0.1, 0.15) is 29.0 Å². The number of nitriles is 2. The fraction of sp³-hybridized carbons (Fsp3) is 0.0600. The Labute approximate surface area is 327 Å². The minimum absolute atomic E-state index is 0.166. The molecule has 6 nitrogen and oxygen atoms in total. The highest BCUT2D eigenvalue weighted by atomic mass is 15.2. The predicted molar refractivity (Wildman–Crippen MR) is 226 cm³/mol. The maximum absolute atomic E-state index is 9.58. The third-order valence-electron chi connectivity index (χ3n) is 10.6. The van der Waals surface area contributed by atoms with Gasteiger partial charge in [-0.1, -0.05) is 66.8 Å². The van der Waals surface area contributed by atoms with Crippen molar-refractivity contribution in [3.63, 3.8) is 0 Å². The third-order valence-corrected chi connectivity index (χ3v) is 10.6. The number of anilines is 8. The van der Waals surface area contributed by atoms with Gasteiger partial charge in [-0.25, -0.2) is 0 Å². The zero-order chi connectivity index (χ0) is 37.8. The van der Waals surface area contributed by atoms with Crippen molar-refractivity contribution in [1.29, 1.82) is 10.5 Å². The monoisotopic (exact) mass is 720 g/mol. The normalized spacial score (nSPS) is 15.2. The van der Waals surface area contributed by atoms with Gasteiger partial charge in [0.15, 0.2) is 0 Å². The Morgan fingerprint density at radius 2 is 1.00 bits per heavy atom. The van der Waals surface area contributed by atoms with Crippen LogP contribution in [0.4, 0.5) is 45.5 Å². The molecule has 1 aromatic heterocycles. The summed E-state index contributed by atoms with van der Waals surface area (Å²) in [7, 11) is 0. The summed E-state index contributed by atoms with van der Waals surface area (Å²) >= 11 is 0. The van der Waals surface area contributed by atoms with Crippen LogP contribution in [0.15, 0.2) is 194 Å². The summed E-state index contributed by atoms with van der Waals surface area (Å²) in [5.74, 6) is 0.194. The number of rotatable bonds is 8. The van der Waals surface area contributed by atoms with E-state index in [9.17, 15) is 10.5 Å². The highest BCUT2D eigenvalue weighted by Crippen LogP contribution is 2.50. The molecule has 6 heteroatoms. The second kappa shape index (κ2) is 15.0. The Bertz CT molecular complexity index is 2620. The minimum atomic E-state index is 0.166. The summed E-state index contributed by atoms with van der Waals surface area (Å²) in [4.78, 5) is 11.2. The van der Waals surface area contributed by atoms with E-state index < -0.39 is 0 Å². The van der Waals surface area contributed by atoms with E-state index in [1.54, 1.807) is 0 Å². The molecule has 2 unspecified atom stereocenters. The van der Waals surface area contributed by atoms with Gasteiger partial charge in [0, 0.05) is 63.8 Å². The van der Waals surface area contributed by atoms with Gasteiger partial charge in [-0.15, -0.1) is 0 Å². The van der Waals surface area contributed by atoms with Gasteiger partial charge < -0.3 is 14.7 Å². The molecule has 0 spiro atoms. The first-order valence-corrected chi connectivity index (χ1v) is 18.7. The van der Waals surface area contributed by atoms with E-state index >= 15 is 0 Å². The third kappa shape index (κ3) is 6.47. The second-order valence-electron chi connectivity index (χ2n) is 13.8. The Morgan fingerprint density at radius 3 is 1.55 bits per heavy atom. The number of benzene rings is 6. The topological polar surface area (TPSA) is 70.2 Å².